The van der Waals surface area contributed by atoms with E-state index in [0.29, 0.717) is 17.1 Å². The monoisotopic (exact) mass is 253 g/mol. The SMILES string of the molecule is CCC1CN(Cc2ccnc(Cl)c2)CCC1N. The molecule has 0 aromatic carbocycles. The van der Waals surface area contributed by atoms with E-state index >= 15 is 0 Å². The number of piperidine rings is 1. The first-order chi connectivity index (χ1) is 8.19. The number of pyridine rings is 1. The van der Waals surface area contributed by atoms with Crippen molar-refractivity contribution in [3.8, 4) is 0 Å². The highest BCUT2D eigenvalue weighted by Crippen LogP contribution is 2.20. The Kier molecular flexibility index (Phi) is 4.37. The van der Waals surface area contributed by atoms with Crippen LogP contribution in [0, 0.1) is 5.92 Å². The maximum Gasteiger partial charge on any atom is 0.129 e. The molecule has 94 valence electrons. The van der Waals surface area contributed by atoms with Gasteiger partial charge in [-0.1, -0.05) is 24.9 Å². The topological polar surface area (TPSA) is 42.2 Å². The molecule has 0 bridgehead atoms. The Hall–Kier alpha value is -0.640. The van der Waals surface area contributed by atoms with Crippen molar-refractivity contribution >= 4 is 11.6 Å². The van der Waals surface area contributed by atoms with Crippen molar-refractivity contribution in [3.63, 3.8) is 0 Å². The van der Waals surface area contributed by atoms with Crippen molar-refractivity contribution in [2.45, 2.75) is 32.4 Å². The summed E-state index contributed by atoms with van der Waals surface area (Å²) in [6.45, 7) is 5.35. The number of nitrogens with zero attached hydrogens (tertiary/aromatic N) is 2. The van der Waals surface area contributed by atoms with Crippen LogP contribution in [0.3, 0.4) is 0 Å². The molecular weight excluding hydrogens is 234 g/mol. The van der Waals surface area contributed by atoms with Crippen molar-refractivity contribution in [2.24, 2.45) is 11.7 Å². The second-order valence-corrected chi connectivity index (χ2v) is 5.23. The molecule has 1 aromatic rings. The van der Waals surface area contributed by atoms with Crippen molar-refractivity contribution in [1.82, 2.24) is 9.88 Å². The lowest BCUT2D eigenvalue weighted by Gasteiger charge is -2.36. The number of aromatic nitrogens is 1. The Labute approximate surface area is 108 Å². The van der Waals surface area contributed by atoms with E-state index in [9.17, 15) is 0 Å². The zero-order valence-electron chi connectivity index (χ0n) is 10.3. The van der Waals surface area contributed by atoms with E-state index in [2.05, 4.69) is 16.8 Å². The van der Waals surface area contributed by atoms with Gasteiger partial charge in [0.15, 0.2) is 0 Å². The minimum absolute atomic E-state index is 0.372. The summed E-state index contributed by atoms with van der Waals surface area (Å²) in [6, 6.07) is 4.34. The first-order valence-electron chi connectivity index (χ1n) is 6.27. The Balaban J connectivity index is 1.95. The van der Waals surface area contributed by atoms with Gasteiger partial charge in [0.2, 0.25) is 0 Å². The average molecular weight is 254 g/mol. The van der Waals surface area contributed by atoms with Gasteiger partial charge in [-0.3, -0.25) is 4.90 Å². The van der Waals surface area contributed by atoms with Gasteiger partial charge >= 0.3 is 0 Å². The Morgan fingerprint density at radius 3 is 3.12 bits per heavy atom. The molecule has 2 atom stereocenters. The van der Waals surface area contributed by atoms with Crippen LogP contribution in [0.1, 0.15) is 25.3 Å². The van der Waals surface area contributed by atoms with Gasteiger partial charge in [-0.2, -0.15) is 0 Å². The highest BCUT2D eigenvalue weighted by Gasteiger charge is 2.24. The minimum atomic E-state index is 0.372. The zero-order valence-corrected chi connectivity index (χ0v) is 11.0. The molecule has 2 N–H and O–H groups in total. The molecule has 1 aromatic heterocycles. The van der Waals surface area contributed by atoms with Crippen molar-refractivity contribution in [1.29, 1.82) is 0 Å². The van der Waals surface area contributed by atoms with E-state index in [1.54, 1.807) is 6.20 Å². The summed E-state index contributed by atoms with van der Waals surface area (Å²) in [4.78, 5) is 6.46. The first kappa shape index (κ1) is 12.8. The Bertz CT molecular complexity index is 369. The molecule has 17 heavy (non-hydrogen) atoms. The zero-order chi connectivity index (χ0) is 12.3. The molecule has 0 saturated carbocycles. The number of hydrogen-bond acceptors (Lipinski definition) is 3. The third-order valence-corrected chi connectivity index (χ3v) is 3.81. The summed E-state index contributed by atoms with van der Waals surface area (Å²) in [5.74, 6) is 0.626. The molecule has 1 aliphatic heterocycles. The summed E-state index contributed by atoms with van der Waals surface area (Å²) in [5.41, 5.74) is 7.34. The van der Waals surface area contributed by atoms with Gasteiger partial charge in [0, 0.05) is 25.3 Å². The predicted octanol–water partition coefficient (Wildman–Crippen LogP) is 2.29. The standard InChI is InChI=1S/C13H20ClN3/c1-2-11-9-17(6-4-12(11)15)8-10-3-5-16-13(14)7-10/h3,5,7,11-12H,2,4,6,8-9,15H2,1H3. The third kappa shape index (κ3) is 3.41. The second kappa shape index (κ2) is 5.80. The van der Waals surface area contributed by atoms with E-state index in [1.807, 2.05) is 12.1 Å². The molecule has 0 aliphatic carbocycles. The number of nitrogens with two attached hydrogens (primary N) is 1. The maximum absolute atomic E-state index is 6.11. The molecule has 0 spiro atoms. The maximum atomic E-state index is 6.11. The van der Waals surface area contributed by atoms with Crippen LogP contribution in [-0.2, 0) is 6.54 Å². The van der Waals surface area contributed by atoms with Gasteiger partial charge in [-0.25, -0.2) is 4.98 Å². The fourth-order valence-electron chi connectivity index (χ4n) is 2.50. The van der Waals surface area contributed by atoms with E-state index in [0.717, 1.165) is 32.5 Å². The predicted molar refractivity (Wildman–Crippen MR) is 70.9 cm³/mol. The molecular formula is C13H20ClN3. The smallest absolute Gasteiger partial charge is 0.129 e. The number of halogens is 1. The van der Waals surface area contributed by atoms with Crippen LogP contribution in [0.4, 0.5) is 0 Å². The second-order valence-electron chi connectivity index (χ2n) is 4.84. The van der Waals surface area contributed by atoms with Gasteiger partial charge in [-0.05, 0) is 36.6 Å². The molecule has 0 amide bonds. The number of likely N-dealkylation sites (tertiary alicyclic amines) is 1. The van der Waals surface area contributed by atoms with E-state index < -0.39 is 0 Å². The molecule has 2 rings (SSSR count). The summed E-state index contributed by atoms with van der Waals surface area (Å²) in [5, 5.41) is 0.572. The van der Waals surface area contributed by atoms with Gasteiger partial charge in [-0.15, -0.1) is 0 Å². The van der Waals surface area contributed by atoms with Crippen LogP contribution >= 0.6 is 11.6 Å². The van der Waals surface area contributed by atoms with Gasteiger partial charge in [0.1, 0.15) is 5.15 Å². The van der Waals surface area contributed by atoms with E-state index in [-0.39, 0.29) is 0 Å². The summed E-state index contributed by atoms with van der Waals surface area (Å²) >= 11 is 5.89. The normalized spacial score (nSPS) is 26.1. The van der Waals surface area contributed by atoms with Crippen LogP contribution in [0.25, 0.3) is 0 Å². The molecule has 2 unspecified atom stereocenters. The fourth-order valence-corrected chi connectivity index (χ4v) is 2.70. The molecule has 2 heterocycles. The van der Waals surface area contributed by atoms with Crippen LogP contribution in [-0.4, -0.2) is 29.0 Å². The highest BCUT2D eigenvalue weighted by atomic mass is 35.5. The highest BCUT2D eigenvalue weighted by molar-refractivity contribution is 6.29. The van der Waals surface area contributed by atoms with Crippen molar-refractivity contribution in [2.75, 3.05) is 13.1 Å². The molecule has 3 nitrogen and oxygen atoms in total. The van der Waals surface area contributed by atoms with Crippen LogP contribution in [0.15, 0.2) is 18.3 Å². The first-order valence-corrected chi connectivity index (χ1v) is 6.65. The van der Waals surface area contributed by atoms with Gasteiger partial charge in [0.05, 0.1) is 0 Å². The molecule has 0 radical (unpaired) electrons. The molecule has 1 fully saturated rings. The van der Waals surface area contributed by atoms with Crippen LogP contribution in [0.5, 0.6) is 0 Å². The van der Waals surface area contributed by atoms with Gasteiger partial charge in [0.25, 0.3) is 0 Å². The van der Waals surface area contributed by atoms with Gasteiger partial charge < -0.3 is 5.73 Å². The van der Waals surface area contributed by atoms with Crippen LogP contribution in [0.2, 0.25) is 5.15 Å². The summed E-state index contributed by atoms with van der Waals surface area (Å²) < 4.78 is 0. The van der Waals surface area contributed by atoms with E-state index in [4.69, 9.17) is 17.3 Å². The lowest BCUT2D eigenvalue weighted by molar-refractivity contribution is 0.145. The van der Waals surface area contributed by atoms with Crippen molar-refractivity contribution < 1.29 is 0 Å². The molecule has 1 aliphatic rings. The summed E-state index contributed by atoms with van der Waals surface area (Å²) in [7, 11) is 0. The lowest BCUT2D eigenvalue weighted by Crippen LogP contribution is -2.46. The fraction of sp³-hybridized carbons (Fsp3) is 0.615. The van der Waals surface area contributed by atoms with E-state index in [1.165, 1.54) is 5.56 Å². The van der Waals surface area contributed by atoms with Crippen LogP contribution < -0.4 is 5.73 Å². The Morgan fingerprint density at radius 2 is 2.41 bits per heavy atom. The van der Waals surface area contributed by atoms with Crippen molar-refractivity contribution in [3.05, 3.63) is 29.0 Å². The quantitative estimate of drug-likeness (QED) is 0.841. The lowest BCUT2D eigenvalue weighted by atomic mass is 9.90. The largest absolute Gasteiger partial charge is 0.327 e. The number of hydrogen-bond donors (Lipinski definition) is 1. The average Bonchev–Trinajstić information content (AvgIpc) is 2.32. The summed E-state index contributed by atoms with van der Waals surface area (Å²) in [6.07, 6.45) is 4.02. The number of rotatable bonds is 3. The Morgan fingerprint density at radius 1 is 1.59 bits per heavy atom. The molecule has 1 saturated heterocycles. The minimum Gasteiger partial charge on any atom is -0.327 e. The third-order valence-electron chi connectivity index (χ3n) is 3.60. The molecule has 4 heteroatoms.